The first-order valence-electron chi connectivity index (χ1n) is 31.6. The Hall–Kier alpha value is -12.9. The first-order valence-corrected chi connectivity index (χ1v) is 32.4. The van der Waals surface area contributed by atoms with E-state index >= 15 is 0 Å². The normalized spacial score (nSPS) is 10.9. The summed E-state index contributed by atoms with van der Waals surface area (Å²) >= 11 is 1.83. The minimum absolute atomic E-state index is 0.638. The standard InChI is InChI=1S/C25H16N2OS.C25H18N2O.C18H14N4.C16H13N/c1-4-8-23-19(5-1)20-14-13-18(15-24(20)29-23)26-17-11-9-16(10-12-17)25-27-21-6-2-3-7-22(21)28-25;1-2-7-18(8-3-1)20-9-6-10-22(17-20)26-21-15-13-19(14-16-21)25-27-23-11-4-5-12-24(23)28-25;1-2-6-14(7-3-1)19-15-10-12-16(13-11-15)22-20-17-8-4-5-9-18(17)21-22;1-2-8-15(9-3-1)17-16-11-10-13-6-4-5-7-14(13)12-16/h1-15,26H;1-17,26H;1-13,19H;1-12,17H. The molecule has 96 heavy (non-hydrogen) atoms. The van der Waals surface area contributed by atoms with Gasteiger partial charge in [-0.25, -0.2) is 9.97 Å². The van der Waals surface area contributed by atoms with Crippen LogP contribution in [0, 0.1) is 0 Å². The molecule has 18 rings (SSSR count). The van der Waals surface area contributed by atoms with Crippen molar-refractivity contribution in [2.45, 2.75) is 0 Å². The van der Waals surface area contributed by atoms with E-state index in [0.717, 1.165) is 95.5 Å². The SMILES string of the molecule is c1ccc(-c2cccc(Nc3ccc(-c4nc5ccccc5o4)cc3)c2)cc1.c1ccc(Nc2ccc(-n3nc4ccccc4n3)cc2)cc1.c1ccc(Nc2ccc3ccccc3c2)cc1.c1ccc2oc(-c3ccc(Nc4ccc5c(c4)sc4ccccc45)cc3)nc2c1. The van der Waals surface area contributed by atoms with E-state index in [1.165, 1.54) is 42.1 Å². The van der Waals surface area contributed by atoms with Crippen LogP contribution in [0.5, 0.6) is 0 Å². The van der Waals surface area contributed by atoms with Gasteiger partial charge in [-0.15, -0.1) is 21.5 Å². The molecule has 4 heterocycles. The third-order valence-corrected chi connectivity index (χ3v) is 17.2. The largest absolute Gasteiger partial charge is 0.436 e. The van der Waals surface area contributed by atoms with Gasteiger partial charge in [0.25, 0.3) is 0 Å². The monoisotopic (exact) mass is 1260 g/mol. The Balaban J connectivity index is 0.000000107. The summed E-state index contributed by atoms with van der Waals surface area (Å²) in [5.41, 5.74) is 18.9. The van der Waals surface area contributed by atoms with Gasteiger partial charge in [-0.05, 0) is 198 Å². The molecule has 4 aromatic heterocycles. The number of fused-ring (bicyclic) bond motifs is 7. The lowest BCUT2D eigenvalue weighted by atomic mass is 10.1. The van der Waals surface area contributed by atoms with Crippen LogP contribution < -0.4 is 21.3 Å². The minimum atomic E-state index is 0.638. The molecule has 14 aromatic carbocycles. The summed E-state index contributed by atoms with van der Waals surface area (Å²) < 4.78 is 14.3. The molecule has 0 saturated carbocycles. The van der Waals surface area contributed by atoms with E-state index in [9.17, 15) is 0 Å². The molecular formula is C84H61N9O2S. The molecule has 460 valence electrons. The van der Waals surface area contributed by atoms with Gasteiger partial charge in [0.15, 0.2) is 11.2 Å². The minimum Gasteiger partial charge on any atom is -0.436 e. The summed E-state index contributed by atoms with van der Waals surface area (Å²) in [6.45, 7) is 0. The fourth-order valence-electron chi connectivity index (χ4n) is 11.2. The molecule has 0 fully saturated rings. The quantitative estimate of drug-likeness (QED) is 0.0938. The van der Waals surface area contributed by atoms with Gasteiger partial charge >= 0.3 is 0 Å². The second-order valence-corrected chi connectivity index (χ2v) is 23.8. The van der Waals surface area contributed by atoms with E-state index in [-0.39, 0.29) is 0 Å². The Bertz CT molecular complexity index is 5500. The molecule has 0 radical (unpaired) electrons. The van der Waals surface area contributed by atoms with Gasteiger partial charge in [0.05, 0.1) is 5.69 Å². The second-order valence-electron chi connectivity index (χ2n) is 22.7. The lowest BCUT2D eigenvalue weighted by molar-refractivity contribution is 0.619. The van der Waals surface area contributed by atoms with Gasteiger partial charge in [-0.3, -0.25) is 0 Å². The highest BCUT2D eigenvalue weighted by Crippen LogP contribution is 2.37. The summed E-state index contributed by atoms with van der Waals surface area (Å²) in [5, 5.41) is 27.8. The highest BCUT2D eigenvalue weighted by molar-refractivity contribution is 7.25. The molecule has 0 aliphatic rings. The van der Waals surface area contributed by atoms with Crippen molar-refractivity contribution >= 4 is 121 Å². The average Bonchev–Trinajstić information content (AvgIpc) is 1.77. The molecule has 0 saturated heterocycles. The number of oxazole rings is 2. The first kappa shape index (κ1) is 59.4. The molecule has 0 bridgehead atoms. The zero-order valence-corrected chi connectivity index (χ0v) is 52.7. The van der Waals surface area contributed by atoms with Crippen molar-refractivity contribution in [3.05, 3.63) is 346 Å². The lowest BCUT2D eigenvalue weighted by Gasteiger charge is -2.09. The number of anilines is 8. The van der Waals surface area contributed by atoms with Crippen LogP contribution in [0.3, 0.4) is 0 Å². The maximum atomic E-state index is 5.86. The molecule has 11 nitrogen and oxygen atoms in total. The van der Waals surface area contributed by atoms with E-state index in [4.69, 9.17) is 8.83 Å². The van der Waals surface area contributed by atoms with Crippen molar-refractivity contribution in [3.8, 4) is 39.7 Å². The number of thiophene rings is 1. The van der Waals surface area contributed by atoms with Crippen LogP contribution in [0.4, 0.5) is 45.5 Å². The Morgan fingerprint density at radius 2 is 0.667 bits per heavy atom. The summed E-state index contributed by atoms with van der Waals surface area (Å²) in [6.07, 6.45) is 0. The maximum Gasteiger partial charge on any atom is 0.227 e. The number of para-hydroxylation sites is 6. The van der Waals surface area contributed by atoms with Crippen molar-refractivity contribution in [1.29, 1.82) is 0 Å². The molecule has 0 aliphatic carbocycles. The third kappa shape index (κ3) is 14.1. The van der Waals surface area contributed by atoms with Crippen LogP contribution in [-0.2, 0) is 0 Å². The van der Waals surface area contributed by atoms with Crippen molar-refractivity contribution < 1.29 is 8.83 Å². The van der Waals surface area contributed by atoms with Crippen molar-refractivity contribution in [3.63, 3.8) is 0 Å². The van der Waals surface area contributed by atoms with Crippen molar-refractivity contribution in [1.82, 2.24) is 25.0 Å². The average molecular weight is 1260 g/mol. The predicted molar refractivity (Wildman–Crippen MR) is 399 cm³/mol. The number of aromatic nitrogens is 5. The summed E-state index contributed by atoms with van der Waals surface area (Å²) in [5.74, 6) is 1.28. The van der Waals surface area contributed by atoms with E-state index in [2.05, 4.69) is 199 Å². The second kappa shape index (κ2) is 27.9. The number of benzene rings is 14. The molecule has 0 atom stereocenters. The molecule has 0 aliphatic heterocycles. The Kier molecular flexibility index (Phi) is 17.3. The number of rotatable bonds is 12. The molecule has 4 N–H and O–H groups in total. The van der Waals surface area contributed by atoms with E-state index in [1.54, 1.807) is 4.80 Å². The molecule has 0 amide bonds. The Labute approximate surface area is 558 Å². The number of hydrogen-bond donors (Lipinski definition) is 4. The fourth-order valence-corrected chi connectivity index (χ4v) is 12.4. The van der Waals surface area contributed by atoms with Crippen LogP contribution >= 0.6 is 11.3 Å². The van der Waals surface area contributed by atoms with Crippen LogP contribution in [0.15, 0.2) is 355 Å². The van der Waals surface area contributed by atoms with Gasteiger partial charge in [0, 0.05) is 76.8 Å². The van der Waals surface area contributed by atoms with Crippen LogP contribution in [0.1, 0.15) is 0 Å². The van der Waals surface area contributed by atoms with E-state index in [0.29, 0.717) is 11.8 Å². The van der Waals surface area contributed by atoms with Gasteiger partial charge in [0.1, 0.15) is 22.1 Å². The lowest BCUT2D eigenvalue weighted by Crippen LogP contribution is -1.98. The number of nitrogens with zero attached hydrogens (tertiary/aromatic N) is 5. The first-order chi connectivity index (χ1) is 47.5. The Morgan fingerprint density at radius 3 is 1.25 bits per heavy atom. The van der Waals surface area contributed by atoms with Gasteiger partial charge in [-0.1, -0.05) is 170 Å². The summed E-state index contributed by atoms with van der Waals surface area (Å²) in [6, 6.07) is 117. The van der Waals surface area contributed by atoms with Crippen molar-refractivity contribution in [2.75, 3.05) is 21.3 Å². The zero-order valence-electron chi connectivity index (χ0n) is 51.9. The summed E-state index contributed by atoms with van der Waals surface area (Å²) in [7, 11) is 0. The van der Waals surface area contributed by atoms with Crippen LogP contribution in [0.2, 0.25) is 0 Å². The molecule has 18 aromatic rings. The fraction of sp³-hybridized carbons (Fsp3) is 0. The smallest absolute Gasteiger partial charge is 0.227 e. The molecule has 0 unspecified atom stereocenters. The highest BCUT2D eigenvalue weighted by Gasteiger charge is 2.12. The topological polar surface area (TPSA) is 131 Å². The number of hydrogen-bond acceptors (Lipinski definition) is 11. The molecular weight excluding hydrogens is 1200 g/mol. The third-order valence-electron chi connectivity index (χ3n) is 16.0. The molecule has 12 heteroatoms. The molecule has 0 spiro atoms. The van der Waals surface area contributed by atoms with Crippen LogP contribution in [-0.4, -0.2) is 25.0 Å². The van der Waals surface area contributed by atoms with Gasteiger partial charge in [-0.2, -0.15) is 4.80 Å². The maximum absolute atomic E-state index is 5.86. The predicted octanol–water partition coefficient (Wildman–Crippen LogP) is 23.3. The van der Waals surface area contributed by atoms with E-state index < -0.39 is 0 Å². The highest BCUT2D eigenvalue weighted by atomic mass is 32.1. The van der Waals surface area contributed by atoms with Gasteiger partial charge < -0.3 is 30.1 Å². The van der Waals surface area contributed by atoms with Crippen molar-refractivity contribution in [2.24, 2.45) is 0 Å². The van der Waals surface area contributed by atoms with Crippen LogP contribution in [0.25, 0.3) is 104 Å². The Morgan fingerprint density at radius 1 is 0.260 bits per heavy atom. The van der Waals surface area contributed by atoms with Gasteiger partial charge in [0.2, 0.25) is 11.8 Å². The summed E-state index contributed by atoms with van der Waals surface area (Å²) in [4.78, 5) is 10.8. The zero-order chi connectivity index (χ0) is 64.2. The number of nitrogens with one attached hydrogen (secondary N) is 4. The van der Waals surface area contributed by atoms with E-state index in [1.807, 2.05) is 199 Å².